The fourth-order valence-corrected chi connectivity index (χ4v) is 13.5. The zero-order valence-corrected chi connectivity index (χ0v) is 60.0. The number of anilines is 3. The summed E-state index contributed by atoms with van der Waals surface area (Å²) < 4.78 is 18.7. The Hall–Kier alpha value is -7.73. The van der Waals surface area contributed by atoms with Crippen LogP contribution in [0.4, 0.5) is 17.5 Å². The molecule has 0 aliphatic carbocycles. The summed E-state index contributed by atoms with van der Waals surface area (Å²) in [6, 6.07) is 34.0. The Bertz CT molecular complexity index is 4970. The molecule has 18 nitrogen and oxygen atoms in total. The number of methoxy groups -OCH3 is 1. The molecule has 98 heavy (non-hydrogen) atoms. The van der Waals surface area contributed by atoms with Crippen molar-refractivity contribution < 1.29 is 9.47 Å². The van der Waals surface area contributed by atoms with Crippen LogP contribution in [0.25, 0.3) is 78.4 Å². The van der Waals surface area contributed by atoms with Gasteiger partial charge in [-0.15, -0.1) is 0 Å². The number of hydrogen-bond acceptors (Lipinski definition) is 14. The van der Waals surface area contributed by atoms with E-state index in [0.717, 1.165) is 144 Å². The number of halogens is 8. The lowest BCUT2D eigenvalue weighted by atomic mass is 10.0. The molecule has 10 heterocycles. The summed E-state index contributed by atoms with van der Waals surface area (Å²) in [5.74, 6) is 2.94. The minimum Gasteiger partial charge on any atom is -0.383 e. The molecule has 0 bridgehead atoms. The number of hydrogen-bond donors (Lipinski definition) is 4. The molecule has 1 aliphatic rings. The minimum atomic E-state index is 0.378. The molecule has 0 saturated carbocycles. The lowest BCUT2D eigenvalue weighted by Crippen LogP contribution is -2.36. The second-order valence-corrected chi connectivity index (χ2v) is 26.2. The highest BCUT2D eigenvalue weighted by Gasteiger charge is 2.20. The van der Waals surface area contributed by atoms with Crippen molar-refractivity contribution in [3.8, 4) is 55.8 Å². The average molecular weight is 1480 g/mol. The number of rotatable bonds is 16. The Morgan fingerprint density at radius 3 is 1.32 bits per heavy atom. The third-order valence-electron chi connectivity index (χ3n) is 16.8. The Morgan fingerprint density at radius 1 is 0.459 bits per heavy atom. The van der Waals surface area contributed by atoms with Crippen molar-refractivity contribution in [1.29, 1.82) is 0 Å². The van der Waals surface area contributed by atoms with Gasteiger partial charge in [0.2, 0.25) is 0 Å². The van der Waals surface area contributed by atoms with Crippen molar-refractivity contribution in [2.45, 2.75) is 33.1 Å². The van der Waals surface area contributed by atoms with Crippen LogP contribution < -0.4 is 37.6 Å². The van der Waals surface area contributed by atoms with Gasteiger partial charge in [-0.1, -0.05) is 117 Å². The summed E-state index contributed by atoms with van der Waals surface area (Å²) >= 11 is 49.6. The van der Waals surface area contributed by atoms with Gasteiger partial charge in [0, 0.05) is 207 Å². The summed E-state index contributed by atoms with van der Waals surface area (Å²) in [4.78, 5) is 28.9. The highest BCUT2D eigenvalue weighted by atomic mass is 35.5. The van der Waals surface area contributed by atoms with Crippen LogP contribution in [0.3, 0.4) is 0 Å². The molecule has 0 radical (unpaired) electrons. The van der Waals surface area contributed by atoms with Crippen molar-refractivity contribution >= 4 is 133 Å². The Labute approximate surface area is 607 Å². The number of nitrogens with zero attached hydrogens (tertiary/aromatic N) is 12. The maximum absolute atomic E-state index is 6.51. The van der Waals surface area contributed by atoms with E-state index < -0.39 is 0 Å². The average Bonchev–Trinajstić information content (AvgIpc) is 1.47. The van der Waals surface area contributed by atoms with Gasteiger partial charge in [-0.05, 0) is 114 Å². The fraction of sp³-hybridized carbons (Fsp3) is 0.208. The number of aromatic nitrogens is 9. The van der Waals surface area contributed by atoms with E-state index in [2.05, 4.69) is 61.4 Å². The van der Waals surface area contributed by atoms with Gasteiger partial charge in [-0.2, -0.15) is 0 Å². The van der Waals surface area contributed by atoms with Crippen LogP contribution >= 0.6 is 92.8 Å². The van der Waals surface area contributed by atoms with E-state index in [9.17, 15) is 0 Å². The summed E-state index contributed by atoms with van der Waals surface area (Å²) in [6.45, 7) is 9.12. The molecular weight excluding hydrogens is 1400 g/mol. The smallest absolute Gasteiger partial charge is 0.138 e. The van der Waals surface area contributed by atoms with Crippen molar-refractivity contribution in [3.05, 3.63) is 234 Å². The van der Waals surface area contributed by atoms with Gasteiger partial charge >= 0.3 is 0 Å². The lowest BCUT2D eigenvalue weighted by Gasteiger charge is -2.28. The topological polar surface area (TPSA) is 214 Å². The number of fused-ring (bicyclic) bond motifs is 4. The number of benzene rings is 4. The summed E-state index contributed by atoms with van der Waals surface area (Å²) in [5, 5.41) is 4.83. The van der Waals surface area contributed by atoms with E-state index in [1.54, 1.807) is 37.6 Å². The first kappa shape index (κ1) is 71.6. The quantitative estimate of drug-likeness (QED) is 0.0708. The SMILES string of the molecule is CCN(C)c1cnc2cc(CN)c(-c3ccc(Cl)cc3Cl)cn12.COCCN(C)c1cnc2cc(CN)c(-c3ccc(Cl)cc3Cl)cn12.NCc1cc2ncc(-c3ccnc(N4CCOCC4)c3)n2cc1-c1ccc(Cl)cc1Cl.NCc1cc2nccn2cc1-c1ccc(Cl)cc1Cl. The zero-order valence-electron chi connectivity index (χ0n) is 54.0. The van der Waals surface area contributed by atoms with E-state index in [-0.39, 0.29) is 0 Å². The molecule has 13 aromatic rings. The number of ether oxygens (including phenoxy) is 2. The maximum atomic E-state index is 6.51. The molecule has 506 valence electrons. The maximum Gasteiger partial charge on any atom is 0.138 e. The molecule has 0 unspecified atom stereocenters. The summed E-state index contributed by atoms with van der Waals surface area (Å²) in [5.41, 5.74) is 40.7. The van der Waals surface area contributed by atoms with Gasteiger partial charge in [-0.3, -0.25) is 13.2 Å². The third kappa shape index (κ3) is 16.0. The van der Waals surface area contributed by atoms with E-state index in [1.165, 1.54) is 0 Å². The first-order valence-electron chi connectivity index (χ1n) is 31.2. The molecule has 8 N–H and O–H groups in total. The first-order chi connectivity index (χ1) is 47.4. The molecule has 0 amide bonds. The van der Waals surface area contributed by atoms with Gasteiger partial charge < -0.3 is 51.5 Å². The standard InChI is InChI=1S/C23H21Cl2N5O.C18H20Cl2N4O.C17H18Cl2N4.C14H11Cl2N3/c24-17-1-2-18(20(25)11-17)19-14-30-21(13-28-23(30)10-16(19)12-26)15-3-4-27-22(9-15)29-5-7-31-8-6-29;1-23(5-6-25-2)18-10-22-17-7-12(9-21)15(11-24(17)18)14-4-3-13(19)8-16(14)20;1-3-22(2)17-9-21-16-6-11(8-20)14(10-23(16)17)13-5-4-12(18)7-15(13)19;15-10-1-2-11(13(16)6-10)12-8-19-4-3-18-14(19)5-9(12)7-17/h1-4,9-11,13-14H,5-8,12,26H2;3-4,7-8,10-11H,5-6,9,21H2,1-2H3;4-7,9-10H,3,8,20H2,1-2H3;1-6,8H,7,17H2. The molecular formula is C72H70Cl8N16O2. The monoisotopic (exact) mass is 1470 g/mol. The largest absolute Gasteiger partial charge is 0.383 e. The molecule has 26 heteroatoms. The van der Waals surface area contributed by atoms with Crippen molar-refractivity contribution in [3.63, 3.8) is 0 Å². The van der Waals surface area contributed by atoms with Crippen LogP contribution in [0.2, 0.25) is 40.2 Å². The van der Waals surface area contributed by atoms with Gasteiger partial charge in [0.15, 0.2) is 0 Å². The number of nitrogens with two attached hydrogens (primary N) is 4. The predicted molar refractivity (Wildman–Crippen MR) is 405 cm³/mol. The van der Waals surface area contributed by atoms with Crippen LogP contribution in [0.5, 0.6) is 0 Å². The van der Waals surface area contributed by atoms with Crippen molar-refractivity contribution in [2.75, 3.05) is 81.9 Å². The first-order valence-corrected chi connectivity index (χ1v) is 34.2. The molecule has 14 rings (SSSR count). The normalized spacial score (nSPS) is 12.2. The van der Waals surface area contributed by atoms with Crippen LogP contribution in [0, 0.1) is 0 Å². The molecule has 1 aliphatic heterocycles. The van der Waals surface area contributed by atoms with Crippen LogP contribution in [-0.2, 0) is 35.7 Å². The third-order valence-corrected chi connectivity index (χ3v) is 19.0. The number of imidazole rings is 4. The van der Waals surface area contributed by atoms with Gasteiger partial charge in [-0.25, -0.2) is 24.9 Å². The van der Waals surface area contributed by atoms with Crippen molar-refractivity contribution in [2.24, 2.45) is 22.9 Å². The highest BCUT2D eigenvalue weighted by Crippen LogP contribution is 2.39. The molecule has 0 spiro atoms. The van der Waals surface area contributed by atoms with Crippen LogP contribution in [-0.4, -0.2) is 110 Å². The van der Waals surface area contributed by atoms with Crippen molar-refractivity contribution in [1.82, 2.24) is 42.5 Å². The fourth-order valence-electron chi connectivity index (χ4n) is 11.5. The number of morpholine rings is 1. The predicted octanol–water partition coefficient (Wildman–Crippen LogP) is 16.5. The lowest BCUT2D eigenvalue weighted by molar-refractivity contribution is 0.122. The molecule has 4 aromatic carbocycles. The summed E-state index contributed by atoms with van der Waals surface area (Å²) in [6.07, 6.45) is 19.2. The number of pyridine rings is 5. The van der Waals surface area contributed by atoms with E-state index >= 15 is 0 Å². The molecule has 9 aromatic heterocycles. The zero-order chi connectivity index (χ0) is 69.3. The Morgan fingerprint density at radius 2 is 0.878 bits per heavy atom. The second-order valence-electron chi connectivity index (χ2n) is 22.8. The molecule has 1 fully saturated rings. The van der Waals surface area contributed by atoms with Gasteiger partial charge in [0.05, 0.1) is 44.1 Å². The van der Waals surface area contributed by atoms with Crippen LogP contribution in [0.1, 0.15) is 29.2 Å². The molecule has 0 atom stereocenters. The van der Waals surface area contributed by atoms with Gasteiger partial charge in [0.1, 0.15) is 40.0 Å². The minimum absolute atomic E-state index is 0.378. The van der Waals surface area contributed by atoms with E-state index in [0.29, 0.717) is 86.2 Å². The Balaban J connectivity index is 0.000000134. The second kappa shape index (κ2) is 32.5. The summed E-state index contributed by atoms with van der Waals surface area (Å²) in [7, 11) is 5.74. The molecule has 1 saturated heterocycles. The van der Waals surface area contributed by atoms with E-state index in [4.69, 9.17) is 125 Å². The van der Waals surface area contributed by atoms with E-state index in [1.807, 2.05) is 158 Å². The van der Waals surface area contributed by atoms with Gasteiger partial charge in [0.25, 0.3) is 0 Å². The van der Waals surface area contributed by atoms with Crippen LogP contribution in [0.15, 0.2) is 171 Å². The Kier molecular flexibility index (Phi) is 23.7. The highest BCUT2D eigenvalue weighted by molar-refractivity contribution is 6.38. The number of likely N-dealkylation sites (N-methyl/N-ethyl adjacent to an activating group) is 1.